The maximum absolute atomic E-state index is 12.5. The number of phenolic OH excluding ortho intramolecular Hbond substituents is 1. The first-order chi connectivity index (χ1) is 9.34. The summed E-state index contributed by atoms with van der Waals surface area (Å²) >= 11 is 0. The molecule has 0 aliphatic carbocycles. The van der Waals surface area contributed by atoms with Gasteiger partial charge in [-0.25, -0.2) is 8.42 Å². The summed E-state index contributed by atoms with van der Waals surface area (Å²) in [5, 5.41) is 13.3. The van der Waals surface area contributed by atoms with E-state index in [1.807, 2.05) is 0 Å². The van der Waals surface area contributed by atoms with Crippen LogP contribution in [0.3, 0.4) is 0 Å². The summed E-state index contributed by atoms with van der Waals surface area (Å²) in [5.74, 6) is 0.151. The van der Waals surface area contributed by atoms with Gasteiger partial charge < -0.3 is 5.11 Å². The molecule has 0 saturated carbocycles. The smallest absolute Gasteiger partial charge is 0.260 e. The summed E-state index contributed by atoms with van der Waals surface area (Å²) in [5.41, 5.74) is 0.802. The van der Waals surface area contributed by atoms with Crippen LogP contribution < -0.4 is 0 Å². The highest BCUT2D eigenvalue weighted by atomic mass is 32.2. The average molecular weight is 295 g/mol. The van der Waals surface area contributed by atoms with E-state index in [1.54, 1.807) is 26.1 Å². The Kier molecular flexibility index (Phi) is 3.82. The van der Waals surface area contributed by atoms with E-state index in [1.165, 1.54) is 40.4 Å². The lowest BCUT2D eigenvalue weighted by Gasteiger charge is -2.24. The number of hydrogen-bond acceptors (Lipinski definition) is 4. The fourth-order valence-electron chi connectivity index (χ4n) is 1.93. The fourth-order valence-corrected chi connectivity index (χ4v) is 3.38. The molecule has 0 fully saturated rings. The van der Waals surface area contributed by atoms with Crippen LogP contribution in [0.2, 0.25) is 0 Å². The monoisotopic (exact) mass is 295 g/mol. The van der Waals surface area contributed by atoms with E-state index in [-0.39, 0.29) is 16.8 Å². The maximum atomic E-state index is 12.5. The molecule has 1 aromatic heterocycles. The second-order valence-corrected chi connectivity index (χ2v) is 6.53. The van der Waals surface area contributed by atoms with Crippen molar-refractivity contribution in [1.29, 1.82) is 0 Å². The lowest BCUT2D eigenvalue weighted by atomic mass is 10.1. The Labute approximate surface area is 118 Å². The van der Waals surface area contributed by atoms with Gasteiger partial charge in [-0.05, 0) is 30.7 Å². The van der Waals surface area contributed by atoms with E-state index in [0.29, 0.717) is 0 Å². The molecule has 20 heavy (non-hydrogen) atoms. The molecule has 0 aliphatic rings. The third-order valence-corrected chi connectivity index (χ3v) is 5.34. The summed E-state index contributed by atoms with van der Waals surface area (Å²) < 4.78 is 27.6. The van der Waals surface area contributed by atoms with Crippen molar-refractivity contribution in [2.75, 3.05) is 7.05 Å². The molecule has 1 N–H and O–H groups in total. The van der Waals surface area contributed by atoms with Crippen molar-refractivity contribution in [2.45, 2.75) is 18.0 Å². The standard InChI is InChI=1S/C13H17N3O3S/c1-10(11-4-6-12(17)7-5-11)16(3)20(18,19)13-8-9-14-15(13)2/h4-10,17H,1-3H3. The molecule has 0 bridgehead atoms. The third kappa shape index (κ3) is 2.54. The zero-order chi connectivity index (χ0) is 14.9. The van der Waals surface area contributed by atoms with Gasteiger partial charge in [-0.2, -0.15) is 9.40 Å². The quantitative estimate of drug-likeness (QED) is 0.927. The largest absolute Gasteiger partial charge is 0.508 e. The summed E-state index contributed by atoms with van der Waals surface area (Å²) in [6.45, 7) is 1.79. The fraction of sp³-hybridized carbons (Fsp3) is 0.308. The topological polar surface area (TPSA) is 75.4 Å². The Hall–Kier alpha value is -1.86. The van der Waals surface area contributed by atoms with Gasteiger partial charge >= 0.3 is 0 Å². The van der Waals surface area contributed by atoms with Crippen molar-refractivity contribution in [3.63, 3.8) is 0 Å². The van der Waals surface area contributed by atoms with Gasteiger partial charge in [0, 0.05) is 20.1 Å². The lowest BCUT2D eigenvalue weighted by molar-refractivity contribution is 0.393. The van der Waals surface area contributed by atoms with Crippen molar-refractivity contribution in [1.82, 2.24) is 14.1 Å². The van der Waals surface area contributed by atoms with E-state index in [4.69, 9.17) is 0 Å². The number of sulfonamides is 1. The first-order valence-electron chi connectivity index (χ1n) is 6.09. The second kappa shape index (κ2) is 5.26. The lowest BCUT2D eigenvalue weighted by Crippen LogP contribution is -2.31. The Balaban J connectivity index is 2.33. The van der Waals surface area contributed by atoms with Crippen molar-refractivity contribution in [2.24, 2.45) is 7.05 Å². The predicted molar refractivity (Wildman–Crippen MR) is 74.7 cm³/mol. The molecule has 0 radical (unpaired) electrons. The van der Waals surface area contributed by atoms with Crippen molar-refractivity contribution < 1.29 is 13.5 Å². The normalized spacial score (nSPS) is 13.6. The molecular weight excluding hydrogens is 278 g/mol. The molecule has 108 valence electrons. The summed E-state index contributed by atoms with van der Waals surface area (Å²) in [7, 11) is -0.496. The molecule has 6 nitrogen and oxygen atoms in total. The third-order valence-electron chi connectivity index (χ3n) is 3.34. The minimum Gasteiger partial charge on any atom is -0.508 e. The number of aromatic nitrogens is 2. The van der Waals surface area contributed by atoms with E-state index < -0.39 is 10.0 Å². The van der Waals surface area contributed by atoms with E-state index in [9.17, 15) is 13.5 Å². The average Bonchev–Trinajstić information content (AvgIpc) is 2.85. The zero-order valence-electron chi connectivity index (χ0n) is 11.6. The van der Waals surface area contributed by atoms with Gasteiger partial charge in [-0.15, -0.1) is 0 Å². The van der Waals surface area contributed by atoms with Crippen LogP contribution in [0.25, 0.3) is 0 Å². The molecule has 1 atom stereocenters. The van der Waals surface area contributed by atoms with Crippen LogP contribution in [-0.4, -0.2) is 34.7 Å². The number of hydrogen-bond donors (Lipinski definition) is 1. The number of aromatic hydroxyl groups is 1. The highest BCUT2D eigenvalue weighted by Gasteiger charge is 2.28. The number of phenols is 1. The van der Waals surface area contributed by atoms with Crippen molar-refractivity contribution >= 4 is 10.0 Å². The summed E-state index contributed by atoms with van der Waals surface area (Å²) in [6, 6.07) is 7.60. The van der Waals surface area contributed by atoms with Crippen LogP contribution in [0.1, 0.15) is 18.5 Å². The van der Waals surface area contributed by atoms with Gasteiger partial charge in [-0.1, -0.05) is 12.1 Å². The van der Waals surface area contributed by atoms with Gasteiger partial charge in [0.25, 0.3) is 10.0 Å². The van der Waals surface area contributed by atoms with Gasteiger partial charge in [0.15, 0.2) is 5.03 Å². The van der Waals surface area contributed by atoms with Crippen LogP contribution in [0.15, 0.2) is 41.6 Å². The van der Waals surface area contributed by atoms with Crippen LogP contribution in [-0.2, 0) is 17.1 Å². The molecule has 2 rings (SSSR count). The Morgan fingerprint density at radius 2 is 1.85 bits per heavy atom. The maximum Gasteiger partial charge on any atom is 0.260 e. The van der Waals surface area contributed by atoms with Crippen molar-refractivity contribution in [3.8, 4) is 5.75 Å². The SMILES string of the molecule is CC(c1ccc(O)cc1)N(C)S(=O)(=O)c1ccnn1C. The highest BCUT2D eigenvalue weighted by molar-refractivity contribution is 7.89. The first kappa shape index (κ1) is 14.5. The summed E-state index contributed by atoms with van der Waals surface area (Å²) in [4.78, 5) is 0. The number of rotatable bonds is 4. The second-order valence-electron chi connectivity index (χ2n) is 4.58. The Bertz CT molecular complexity index is 692. The number of aryl methyl sites for hydroxylation is 1. The zero-order valence-corrected chi connectivity index (χ0v) is 12.4. The first-order valence-corrected chi connectivity index (χ1v) is 7.53. The van der Waals surface area contributed by atoms with Gasteiger partial charge in [0.2, 0.25) is 0 Å². The Morgan fingerprint density at radius 3 is 2.35 bits per heavy atom. The molecular formula is C13H17N3O3S. The molecule has 0 spiro atoms. The van der Waals surface area contributed by atoms with Crippen LogP contribution in [0.5, 0.6) is 5.75 Å². The van der Waals surface area contributed by atoms with Crippen molar-refractivity contribution in [3.05, 3.63) is 42.1 Å². The van der Waals surface area contributed by atoms with Crippen LogP contribution in [0.4, 0.5) is 0 Å². The van der Waals surface area contributed by atoms with E-state index >= 15 is 0 Å². The van der Waals surface area contributed by atoms with Crippen LogP contribution in [0, 0.1) is 0 Å². The minimum absolute atomic E-state index is 0.144. The molecule has 0 saturated heterocycles. The van der Waals surface area contributed by atoms with Gasteiger partial charge in [0.1, 0.15) is 5.75 Å². The molecule has 1 aromatic carbocycles. The summed E-state index contributed by atoms with van der Waals surface area (Å²) in [6.07, 6.45) is 1.45. The van der Waals surface area contributed by atoms with E-state index in [0.717, 1.165) is 5.56 Å². The molecule has 1 unspecified atom stereocenters. The molecule has 0 aliphatic heterocycles. The number of nitrogens with zero attached hydrogens (tertiary/aromatic N) is 3. The molecule has 7 heteroatoms. The van der Waals surface area contributed by atoms with Gasteiger partial charge in [-0.3, -0.25) is 4.68 Å². The molecule has 2 aromatic rings. The van der Waals surface area contributed by atoms with E-state index in [2.05, 4.69) is 5.10 Å². The highest BCUT2D eigenvalue weighted by Crippen LogP contribution is 2.26. The predicted octanol–water partition coefficient (Wildman–Crippen LogP) is 1.51. The molecule has 0 amide bonds. The minimum atomic E-state index is -3.61. The number of benzene rings is 1. The Morgan fingerprint density at radius 1 is 1.25 bits per heavy atom. The molecule has 1 heterocycles. The van der Waals surface area contributed by atoms with Crippen LogP contribution >= 0.6 is 0 Å². The van der Waals surface area contributed by atoms with Gasteiger partial charge in [0.05, 0.1) is 6.20 Å².